The molecule has 2 aliphatic rings. The van der Waals surface area contributed by atoms with E-state index in [0.717, 1.165) is 23.0 Å². The Balaban J connectivity index is 0.00000108. The Labute approximate surface area is 110 Å². The first kappa shape index (κ1) is 12.6. The van der Waals surface area contributed by atoms with Crippen LogP contribution in [0, 0.1) is 0 Å². The molecule has 0 saturated carbocycles. The van der Waals surface area contributed by atoms with Crippen molar-refractivity contribution in [2.75, 3.05) is 13.2 Å². The van der Waals surface area contributed by atoms with Gasteiger partial charge in [-0.05, 0) is 30.7 Å². The highest BCUT2D eigenvalue weighted by molar-refractivity contribution is 9.10. The van der Waals surface area contributed by atoms with Gasteiger partial charge < -0.3 is 9.64 Å². The molecule has 0 spiro atoms. The van der Waals surface area contributed by atoms with Crippen LogP contribution in [0.2, 0.25) is 0 Å². The molecule has 1 amide bonds. The maximum Gasteiger partial charge on any atom is 0.254 e. The maximum atomic E-state index is 12.2. The van der Waals surface area contributed by atoms with Gasteiger partial charge in [0.25, 0.3) is 5.91 Å². The number of nitrogens with zero attached hydrogens (tertiary/aromatic N) is 1. The largest absolute Gasteiger partial charge is 0.374 e. The molecule has 1 aromatic rings. The third kappa shape index (κ3) is 2.24. The van der Waals surface area contributed by atoms with Crippen molar-refractivity contribution in [3.8, 4) is 0 Å². The van der Waals surface area contributed by atoms with E-state index in [1.165, 1.54) is 0 Å². The number of morpholine rings is 1. The molecule has 17 heavy (non-hydrogen) atoms. The lowest BCUT2D eigenvalue weighted by Gasteiger charge is -2.26. The van der Waals surface area contributed by atoms with Crippen molar-refractivity contribution in [1.82, 2.24) is 4.90 Å². The van der Waals surface area contributed by atoms with E-state index < -0.39 is 0 Å². The molecule has 2 unspecified atom stereocenters. The zero-order valence-electron chi connectivity index (χ0n) is 8.73. The summed E-state index contributed by atoms with van der Waals surface area (Å²) in [5, 5.41) is 0. The van der Waals surface area contributed by atoms with Gasteiger partial charge in [0.2, 0.25) is 0 Å². The van der Waals surface area contributed by atoms with E-state index >= 15 is 0 Å². The van der Waals surface area contributed by atoms with Gasteiger partial charge >= 0.3 is 0 Å². The summed E-state index contributed by atoms with van der Waals surface area (Å²) in [6.07, 6.45) is 1.27. The van der Waals surface area contributed by atoms with E-state index in [0.29, 0.717) is 12.6 Å². The SMILES string of the molecule is C.O=C(c1ccc(Br)cc1)N1CC2CC1CO2. The van der Waals surface area contributed by atoms with Crippen LogP contribution < -0.4 is 0 Å². The highest BCUT2D eigenvalue weighted by Crippen LogP contribution is 2.29. The number of likely N-dealkylation sites (tertiary alicyclic amines) is 1. The van der Waals surface area contributed by atoms with E-state index in [1.807, 2.05) is 29.2 Å². The fraction of sp³-hybridized carbons (Fsp3) is 0.462. The average Bonchev–Trinajstić information content (AvgIpc) is 2.91. The van der Waals surface area contributed by atoms with Crippen molar-refractivity contribution in [2.24, 2.45) is 0 Å². The number of fused-ring (bicyclic) bond motifs is 2. The van der Waals surface area contributed by atoms with Crippen molar-refractivity contribution < 1.29 is 9.53 Å². The molecule has 0 aliphatic carbocycles. The Morgan fingerprint density at radius 1 is 1.35 bits per heavy atom. The third-order valence-corrected chi connectivity index (χ3v) is 3.78. The smallest absolute Gasteiger partial charge is 0.254 e. The number of hydrogen-bond acceptors (Lipinski definition) is 2. The van der Waals surface area contributed by atoms with Gasteiger partial charge in [-0.2, -0.15) is 0 Å². The first-order valence-electron chi connectivity index (χ1n) is 5.42. The van der Waals surface area contributed by atoms with Crippen molar-refractivity contribution in [3.63, 3.8) is 0 Å². The number of carbonyl (C=O) groups is 1. The summed E-state index contributed by atoms with van der Waals surface area (Å²) in [6, 6.07) is 7.82. The number of benzene rings is 1. The van der Waals surface area contributed by atoms with Crippen molar-refractivity contribution in [3.05, 3.63) is 34.3 Å². The summed E-state index contributed by atoms with van der Waals surface area (Å²) in [5.74, 6) is 0.128. The van der Waals surface area contributed by atoms with Gasteiger partial charge in [0.1, 0.15) is 0 Å². The zero-order valence-corrected chi connectivity index (χ0v) is 10.3. The Morgan fingerprint density at radius 3 is 2.59 bits per heavy atom. The predicted octanol–water partition coefficient (Wildman–Crippen LogP) is 2.70. The van der Waals surface area contributed by atoms with Gasteiger partial charge in [0.15, 0.2) is 0 Å². The molecule has 2 heterocycles. The minimum atomic E-state index is 0. The number of ether oxygens (including phenoxy) is 1. The molecule has 3 rings (SSSR count). The second-order valence-electron chi connectivity index (χ2n) is 4.31. The van der Waals surface area contributed by atoms with Crippen LogP contribution in [-0.2, 0) is 4.74 Å². The molecule has 2 bridgehead atoms. The molecule has 2 atom stereocenters. The maximum absolute atomic E-state index is 12.2. The quantitative estimate of drug-likeness (QED) is 0.798. The lowest BCUT2D eigenvalue weighted by atomic mass is 10.2. The molecule has 92 valence electrons. The highest BCUT2D eigenvalue weighted by atomic mass is 79.9. The van der Waals surface area contributed by atoms with Crippen molar-refractivity contribution >= 4 is 21.8 Å². The van der Waals surface area contributed by atoms with Crippen molar-refractivity contribution in [1.29, 1.82) is 0 Å². The lowest BCUT2D eigenvalue weighted by Crippen LogP contribution is -2.41. The molecular formula is C13H16BrNO2. The Kier molecular flexibility index (Phi) is 3.54. The van der Waals surface area contributed by atoms with Crippen LogP contribution >= 0.6 is 15.9 Å². The van der Waals surface area contributed by atoms with E-state index in [4.69, 9.17) is 4.74 Å². The summed E-state index contributed by atoms with van der Waals surface area (Å²) in [5.41, 5.74) is 0.760. The van der Waals surface area contributed by atoms with Crippen LogP contribution in [0.25, 0.3) is 0 Å². The molecular weight excluding hydrogens is 282 g/mol. The van der Waals surface area contributed by atoms with E-state index in [-0.39, 0.29) is 19.4 Å². The molecule has 0 radical (unpaired) electrons. The average molecular weight is 298 g/mol. The minimum absolute atomic E-state index is 0. The first-order valence-corrected chi connectivity index (χ1v) is 6.21. The van der Waals surface area contributed by atoms with E-state index in [2.05, 4.69) is 15.9 Å². The van der Waals surface area contributed by atoms with Crippen LogP contribution in [-0.4, -0.2) is 36.1 Å². The molecule has 2 saturated heterocycles. The molecule has 0 aromatic heterocycles. The zero-order chi connectivity index (χ0) is 11.1. The third-order valence-electron chi connectivity index (χ3n) is 3.25. The molecule has 3 nitrogen and oxygen atoms in total. The van der Waals surface area contributed by atoms with Gasteiger partial charge in [0, 0.05) is 16.6 Å². The number of carbonyl (C=O) groups excluding carboxylic acids is 1. The highest BCUT2D eigenvalue weighted by Gasteiger charge is 2.41. The summed E-state index contributed by atoms with van der Waals surface area (Å²) in [6.45, 7) is 1.45. The second kappa shape index (κ2) is 4.78. The summed E-state index contributed by atoms with van der Waals surface area (Å²) >= 11 is 3.37. The molecule has 2 aliphatic heterocycles. The van der Waals surface area contributed by atoms with Gasteiger partial charge in [-0.3, -0.25) is 4.79 Å². The summed E-state index contributed by atoms with van der Waals surface area (Å²) < 4.78 is 6.48. The molecule has 2 fully saturated rings. The van der Waals surface area contributed by atoms with E-state index in [9.17, 15) is 4.79 Å². The number of halogens is 1. The van der Waals surface area contributed by atoms with Gasteiger partial charge in [-0.25, -0.2) is 0 Å². The van der Waals surface area contributed by atoms with Gasteiger partial charge in [0.05, 0.1) is 18.8 Å². The molecule has 1 aromatic carbocycles. The fourth-order valence-corrected chi connectivity index (χ4v) is 2.67. The standard InChI is InChI=1S/C12H12BrNO2.CH4/c13-9-3-1-8(2-4-9)12(15)14-6-11-5-10(14)7-16-11;/h1-4,10-11H,5-7H2;1H4. The van der Waals surface area contributed by atoms with Crippen molar-refractivity contribution in [2.45, 2.75) is 26.0 Å². The van der Waals surface area contributed by atoms with Crippen LogP contribution in [0.5, 0.6) is 0 Å². The van der Waals surface area contributed by atoms with Crippen LogP contribution in [0.3, 0.4) is 0 Å². The number of hydrogen-bond donors (Lipinski definition) is 0. The topological polar surface area (TPSA) is 29.5 Å². The summed E-state index contributed by atoms with van der Waals surface area (Å²) in [4.78, 5) is 14.1. The van der Waals surface area contributed by atoms with Gasteiger partial charge in [-0.1, -0.05) is 23.4 Å². The Bertz CT molecular complexity index is 418. The van der Waals surface area contributed by atoms with Crippen LogP contribution in [0.4, 0.5) is 0 Å². The molecule has 0 N–H and O–H groups in total. The van der Waals surface area contributed by atoms with Gasteiger partial charge in [-0.15, -0.1) is 0 Å². The fourth-order valence-electron chi connectivity index (χ4n) is 2.41. The Hall–Kier alpha value is -0.870. The number of amides is 1. The predicted molar refractivity (Wildman–Crippen MR) is 70.1 cm³/mol. The normalized spacial score (nSPS) is 25.8. The minimum Gasteiger partial charge on any atom is -0.374 e. The first-order chi connectivity index (χ1) is 7.74. The summed E-state index contributed by atoms with van der Waals surface area (Å²) in [7, 11) is 0. The number of rotatable bonds is 1. The molecule has 4 heteroatoms. The van der Waals surface area contributed by atoms with E-state index in [1.54, 1.807) is 0 Å². The Morgan fingerprint density at radius 2 is 2.06 bits per heavy atom. The van der Waals surface area contributed by atoms with Crippen LogP contribution in [0.1, 0.15) is 24.2 Å². The monoisotopic (exact) mass is 297 g/mol. The second-order valence-corrected chi connectivity index (χ2v) is 5.22. The lowest BCUT2D eigenvalue weighted by molar-refractivity contribution is 0.0259. The van der Waals surface area contributed by atoms with Crippen LogP contribution in [0.15, 0.2) is 28.7 Å².